The fourth-order valence-electron chi connectivity index (χ4n) is 4.62. The molecule has 7 nitrogen and oxygen atoms in total. The third-order valence-corrected chi connectivity index (χ3v) is 6.54. The van der Waals surface area contributed by atoms with Crippen LogP contribution in [0.5, 0.6) is 0 Å². The normalized spacial score (nSPS) is 18.2. The SMILES string of the molecule is CN=C(NCc1cccc(-c2ccccn2)c1)N1CCN(CC(=O)N2CCCCCC2)CC1. The Morgan fingerprint density at radius 2 is 1.73 bits per heavy atom. The van der Waals surface area contributed by atoms with Crippen LogP contribution in [0.3, 0.4) is 0 Å². The van der Waals surface area contributed by atoms with Crippen LogP contribution in [0.4, 0.5) is 0 Å². The highest BCUT2D eigenvalue weighted by atomic mass is 16.2. The first-order valence-electron chi connectivity index (χ1n) is 12.2. The number of amides is 1. The lowest BCUT2D eigenvalue weighted by molar-refractivity contribution is -0.132. The van der Waals surface area contributed by atoms with E-state index < -0.39 is 0 Å². The largest absolute Gasteiger partial charge is 0.352 e. The second-order valence-electron chi connectivity index (χ2n) is 8.87. The van der Waals surface area contributed by atoms with E-state index in [9.17, 15) is 4.79 Å². The molecule has 2 fully saturated rings. The number of aliphatic imine (C=N–C) groups is 1. The van der Waals surface area contributed by atoms with Gasteiger partial charge in [0.15, 0.2) is 5.96 Å². The van der Waals surface area contributed by atoms with Gasteiger partial charge in [-0.05, 0) is 36.6 Å². The Morgan fingerprint density at radius 3 is 2.42 bits per heavy atom. The average Bonchev–Trinajstić information content (AvgIpc) is 3.16. The molecule has 3 heterocycles. The molecule has 1 N–H and O–H groups in total. The standard InChI is InChI=1S/C26H36N6O/c1-27-26(29-20-22-9-8-10-23(19-22)24-11-4-5-12-28-24)32-17-15-30(16-18-32)21-25(33)31-13-6-2-3-7-14-31/h4-5,8-12,19H,2-3,6-7,13-18,20-21H2,1H3,(H,27,29). The molecule has 0 aliphatic carbocycles. The van der Waals surface area contributed by atoms with Gasteiger partial charge in [0.2, 0.25) is 5.91 Å². The number of hydrogen-bond acceptors (Lipinski definition) is 4. The number of benzene rings is 1. The summed E-state index contributed by atoms with van der Waals surface area (Å²) in [6.07, 6.45) is 6.62. The molecule has 2 aliphatic rings. The first-order chi connectivity index (χ1) is 16.2. The van der Waals surface area contributed by atoms with Gasteiger partial charge in [-0.15, -0.1) is 0 Å². The Kier molecular flexibility index (Phi) is 8.30. The number of piperazine rings is 1. The zero-order chi connectivity index (χ0) is 22.9. The number of likely N-dealkylation sites (tertiary alicyclic amines) is 1. The number of carbonyl (C=O) groups is 1. The number of carbonyl (C=O) groups excluding carboxylic acids is 1. The highest BCUT2D eigenvalue weighted by Crippen LogP contribution is 2.18. The van der Waals surface area contributed by atoms with Crippen molar-refractivity contribution in [3.8, 4) is 11.3 Å². The van der Waals surface area contributed by atoms with Crippen LogP contribution in [0.2, 0.25) is 0 Å². The van der Waals surface area contributed by atoms with Gasteiger partial charge in [-0.1, -0.05) is 37.1 Å². The lowest BCUT2D eigenvalue weighted by atomic mass is 10.1. The Balaban J connectivity index is 1.25. The highest BCUT2D eigenvalue weighted by Gasteiger charge is 2.23. The molecule has 1 amide bonds. The maximum atomic E-state index is 12.7. The van der Waals surface area contributed by atoms with Gasteiger partial charge in [0.25, 0.3) is 0 Å². The van der Waals surface area contributed by atoms with Crippen LogP contribution in [-0.2, 0) is 11.3 Å². The average molecular weight is 449 g/mol. The second-order valence-corrected chi connectivity index (χ2v) is 8.87. The lowest BCUT2D eigenvalue weighted by Gasteiger charge is -2.37. The number of rotatable bonds is 5. The molecule has 176 valence electrons. The molecule has 0 unspecified atom stereocenters. The quantitative estimate of drug-likeness (QED) is 0.563. The molecule has 1 aromatic carbocycles. The smallest absolute Gasteiger partial charge is 0.236 e. The van der Waals surface area contributed by atoms with E-state index in [4.69, 9.17) is 0 Å². The summed E-state index contributed by atoms with van der Waals surface area (Å²) in [4.78, 5) is 28.3. The summed E-state index contributed by atoms with van der Waals surface area (Å²) in [6.45, 7) is 6.63. The Hall–Kier alpha value is -2.93. The number of hydrogen-bond donors (Lipinski definition) is 1. The van der Waals surface area contributed by atoms with Gasteiger partial charge < -0.3 is 15.1 Å². The predicted molar refractivity (Wildman–Crippen MR) is 133 cm³/mol. The molecule has 2 saturated heterocycles. The van der Waals surface area contributed by atoms with Gasteiger partial charge in [0.1, 0.15) is 0 Å². The van der Waals surface area contributed by atoms with Crippen molar-refractivity contribution in [1.29, 1.82) is 0 Å². The molecule has 0 atom stereocenters. The molecule has 7 heteroatoms. The zero-order valence-corrected chi connectivity index (χ0v) is 19.7. The van der Waals surface area contributed by atoms with Crippen LogP contribution in [0.25, 0.3) is 11.3 Å². The fraction of sp³-hybridized carbons (Fsp3) is 0.500. The van der Waals surface area contributed by atoms with Gasteiger partial charge in [-0.25, -0.2) is 0 Å². The fourth-order valence-corrected chi connectivity index (χ4v) is 4.62. The monoisotopic (exact) mass is 448 g/mol. The van der Waals surface area contributed by atoms with Gasteiger partial charge in [-0.3, -0.25) is 19.7 Å². The minimum atomic E-state index is 0.292. The molecule has 0 bridgehead atoms. The summed E-state index contributed by atoms with van der Waals surface area (Å²) >= 11 is 0. The van der Waals surface area contributed by atoms with E-state index in [0.29, 0.717) is 19.0 Å². The molecule has 2 aliphatic heterocycles. The van der Waals surface area contributed by atoms with Crippen molar-refractivity contribution in [1.82, 2.24) is 25.0 Å². The van der Waals surface area contributed by atoms with E-state index in [-0.39, 0.29) is 0 Å². The number of guanidine groups is 1. The topological polar surface area (TPSA) is 64.1 Å². The first-order valence-corrected chi connectivity index (χ1v) is 12.2. The summed E-state index contributed by atoms with van der Waals surface area (Å²) in [6, 6.07) is 14.4. The molecule has 0 radical (unpaired) electrons. The van der Waals surface area contributed by atoms with Crippen LogP contribution < -0.4 is 5.32 Å². The summed E-state index contributed by atoms with van der Waals surface area (Å²) in [5, 5.41) is 3.51. The Bertz CT molecular complexity index is 915. The van der Waals surface area contributed by atoms with E-state index in [2.05, 4.69) is 54.3 Å². The van der Waals surface area contributed by atoms with E-state index in [1.54, 1.807) is 0 Å². The summed E-state index contributed by atoms with van der Waals surface area (Å²) in [5.41, 5.74) is 3.29. The van der Waals surface area contributed by atoms with Crippen molar-refractivity contribution >= 4 is 11.9 Å². The van der Waals surface area contributed by atoms with Crippen molar-refractivity contribution < 1.29 is 4.79 Å². The van der Waals surface area contributed by atoms with Crippen molar-refractivity contribution in [3.63, 3.8) is 0 Å². The van der Waals surface area contributed by atoms with Gasteiger partial charge in [0, 0.05) is 64.6 Å². The first kappa shape index (κ1) is 23.2. The molecule has 33 heavy (non-hydrogen) atoms. The number of pyridine rings is 1. The molecule has 0 saturated carbocycles. The van der Waals surface area contributed by atoms with Crippen molar-refractivity contribution in [2.24, 2.45) is 4.99 Å². The third kappa shape index (κ3) is 6.54. The Morgan fingerprint density at radius 1 is 0.939 bits per heavy atom. The zero-order valence-electron chi connectivity index (χ0n) is 19.7. The van der Waals surface area contributed by atoms with Gasteiger partial charge >= 0.3 is 0 Å². The maximum Gasteiger partial charge on any atom is 0.236 e. The maximum absolute atomic E-state index is 12.7. The summed E-state index contributed by atoms with van der Waals surface area (Å²) < 4.78 is 0. The van der Waals surface area contributed by atoms with E-state index >= 15 is 0 Å². The summed E-state index contributed by atoms with van der Waals surface area (Å²) in [5.74, 6) is 1.21. The molecule has 1 aromatic heterocycles. The highest BCUT2D eigenvalue weighted by molar-refractivity contribution is 5.80. The second kappa shape index (κ2) is 11.8. The third-order valence-electron chi connectivity index (χ3n) is 6.54. The number of nitrogens with zero attached hydrogens (tertiary/aromatic N) is 5. The van der Waals surface area contributed by atoms with Crippen molar-refractivity contribution in [2.45, 2.75) is 32.2 Å². The van der Waals surface area contributed by atoms with Crippen molar-refractivity contribution in [2.75, 3.05) is 52.9 Å². The number of nitrogens with one attached hydrogen (secondary N) is 1. The van der Waals surface area contributed by atoms with Crippen LogP contribution in [-0.4, -0.2) is 84.4 Å². The van der Waals surface area contributed by atoms with Crippen LogP contribution in [0.1, 0.15) is 31.2 Å². The van der Waals surface area contributed by atoms with Crippen molar-refractivity contribution in [3.05, 3.63) is 54.2 Å². The molecule has 0 spiro atoms. The lowest BCUT2D eigenvalue weighted by Crippen LogP contribution is -2.54. The van der Waals surface area contributed by atoms with Crippen LogP contribution in [0, 0.1) is 0 Å². The summed E-state index contributed by atoms with van der Waals surface area (Å²) in [7, 11) is 1.84. The van der Waals surface area contributed by atoms with Crippen LogP contribution >= 0.6 is 0 Å². The van der Waals surface area contributed by atoms with E-state index in [1.165, 1.54) is 18.4 Å². The molecular weight excluding hydrogens is 412 g/mol. The minimum Gasteiger partial charge on any atom is -0.352 e. The van der Waals surface area contributed by atoms with Crippen LogP contribution in [0.15, 0.2) is 53.7 Å². The van der Waals surface area contributed by atoms with E-state index in [1.807, 2.05) is 31.4 Å². The van der Waals surface area contributed by atoms with E-state index in [0.717, 1.165) is 69.3 Å². The minimum absolute atomic E-state index is 0.292. The van der Waals surface area contributed by atoms with Gasteiger partial charge in [0.05, 0.1) is 12.2 Å². The Labute approximate surface area is 197 Å². The molecule has 2 aromatic rings. The molecular formula is C26H36N6O. The molecule has 4 rings (SSSR count). The predicted octanol–water partition coefficient (Wildman–Crippen LogP) is 2.84. The number of aromatic nitrogens is 1. The van der Waals surface area contributed by atoms with Gasteiger partial charge in [-0.2, -0.15) is 0 Å².